The van der Waals surface area contributed by atoms with Crippen molar-refractivity contribution < 1.29 is 14.3 Å². The second-order valence-corrected chi connectivity index (χ2v) is 5.40. The molecule has 5 heteroatoms. The van der Waals surface area contributed by atoms with E-state index in [1.807, 2.05) is 13.0 Å². The Kier molecular flexibility index (Phi) is 4.29. The SMILES string of the molecule is CC(NCc1ccc(C(=O)O)s1)c1cccc(F)c1. The van der Waals surface area contributed by atoms with Crippen molar-refractivity contribution in [3.8, 4) is 0 Å². The van der Waals surface area contributed by atoms with Crippen LogP contribution in [0.3, 0.4) is 0 Å². The van der Waals surface area contributed by atoms with Crippen molar-refractivity contribution >= 4 is 17.3 Å². The summed E-state index contributed by atoms with van der Waals surface area (Å²) >= 11 is 1.25. The van der Waals surface area contributed by atoms with Crippen LogP contribution in [0.1, 0.15) is 33.1 Å². The predicted octanol–water partition coefficient (Wildman–Crippen LogP) is 3.44. The second kappa shape index (κ2) is 5.95. The molecular formula is C14H14FNO2S. The Bertz CT molecular complexity index is 582. The van der Waals surface area contributed by atoms with Gasteiger partial charge in [-0.3, -0.25) is 0 Å². The topological polar surface area (TPSA) is 49.3 Å². The van der Waals surface area contributed by atoms with E-state index in [0.29, 0.717) is 11.4 Å². The van der Waals surface area contributed by atoms with E-state index in [1.54, 1.807) is 18.2 Å². The van der Waals surface area contributed by atoms with Crippen molar-refractivity contribution in [2.45, 2.75) is 19.5 Å². The zero-order valence-corrected chi connectivity index (χ0v) is 11.2. The van der Waals surface area contributed by atoms with Gasteiger partial charge in [0.2, 0.25) is 0 Å². The third-order valence-corrected chi connectivity index (χ3v) is 3.88. The number of carboxylic acid groups (broad SMARTS) is 1. The van der Waals surface area contributed by atoms with Gasteiger partial charge in [-0.2, -0.15) is 0 Å². The van der Waals surface area contributed by atoms with E-state index in [2.05, 4.69) is 5.32 Å². The van der Waals surface area contributed by atoms with E-state index in [-0.39, 0.29) is 11.9 Å². The normalized spacial score (nSPS) is 12.3. The minimum atomic E-state index is -0.908. The summed E-state index contributed by atoms with van der Waals surface area (Å²) < 4.78 is 13.1. The molecule has 100 valence electrons. The lowest BCUT2D eigenvalue weighted by atomic mass is 10.1. The highest BCUT2D eigenvalue weighted by Crippen LogP contribution is 2.18. The number of hydrogen-bond acceptors (Lipinski definition) is 3. The zero-order chi connectivity index (χ0) is 13.8. The molecule has 19 heavy (non-hydrogen) atoms. The molecule has 0 radical (unpaired) electrons. The van der Waals surface area contributed by atoms with Crippen LogP contribution in [-0.2, 0) is 6.54 Å². The Morgan fingerprint density at radius 2 is 2.21 bits per heavy atom. The molecule has 2 rings (SSSR count). The summed E-state index contributed by atoms with van der Waals surface area (Å²) in [6, 6.07) is 9.83. The molecule has 0 aliphatic rings. The Labute approximate surface area is 114 Å². The number of benzene rings is 1. The van der Waals surface area contributed by atoms with Crippen molar-refractivity contribution in [1.82, 2.24) is 5.32 Å². The molecule has 1 unspecified atom stereocenters. The largest absolute Gasteiger partial charge is 0.477 e. The molecular weight excluding hydrogens is 265 g/mol. The number of carbonyl (C=O) groups is 1. The maximum Gasteiger partial charge on any atom is 0.345 e. The summed E-state index contributed by atoms with van der Waals surface area (Å²) in [5.41, 5.74) is 0.870. The Morgan fingerprint density at radius 1 is 1.42 bits per heavy atom. The summed E-state index contributed by atoms with van der Waals surface area (Å²) in [6.07, 6.45) is 0. The highest BCUT2D eigenvalue weighted by molar-refractivity contribution is 7.13. The van der Waals surface area contributed by atoms with Gasteiger partial charge >= 0.3 is 5.97 Å². The number of thiophene rings is 1. The quantitative estimate of drug-likeness (QED) is 0.881. The molecule has 0 spiro atoms. The van der Waals surface area contributed by atoms with Gasteiger partial charge in [-0.05, 0) is 36.8 Å². The number of hydrogen-bond donors (Lipinski definition) is 2. The lowest BCUT2D eigenvalue weighted by Crippen LogP contribution is -2.17. The molecule has 0 aliphatic heterocycles. The number of rotatable bonds is 5. The number of nitrogens with one attached hydrogen (secondary N) is 1. The van der Waals surface area contributed by atoms with Gasteiger partial charge in [-0.1, -0.05) is 12.1 Å². The first-order valence-electron chi connectivity index (χ1n) is 5.87. The molecule has 0 saturated carbocycles. The minimum Gasteiger partial charge on any atom is -0.477 e. The number of carboxylic acids is 1. The summed E-state index contributed by atoms with van der Waals surface area (Å²) in [7, 11) is 0. The maximum atomic E-state index is 13.1. The predicted molar refractivity (Wildman–Crippen MR) is 72.9 cm³/mol. The lowest BCUT2D eigenvalue weighted by Gasteiger charge is -2.13. The van der Waals surface area contributed by atoms with Gasteiger partial charge in [0.1, 0.15) is 10.7 Å². The monoisotopic (exact) mass is 279 g/mol. The number of halogens is 1. The van der Waals surface area contributed by atoms with Crippen molar-refractivity contribution in [2.75, 3.05) is 0 Å². The van der Waals surface area contributed by atoms with Gasteiger partial charge in [-0.25, -0.2) is 9.18 Å². The van der Waals surface area contributed by atoms with E-state index in [1.165, 1.54) is 23.5 Å². The van der Waals surface area contributed by atoms with E-state index >= 15 is 0 Å². The van der Waals surface area contributed by atoms with E-state index < -0.39 is 5.97 Å². The Balaban J connectivity index is 1.96. The zero-order valence-electron chi connectivity index (χ0n) is 10.4. The van der Waals surface area contributed by atoms with Crippen molar-refractivity contribution in [3.63, 3.8) is 0 Å². The first-order chi connectivity index (χ1) is 9.06. The van der Waals surface area contributed by atoms with Crippen LogP contribution in [0.5, 0.6) is 0 Å². The van der Waals surface area contributed by atoms with Crippen LogP contribution in [0.15, 0.2) is 36.4 Å². The summed E-state index contributed by atoms with van der Waals surface area (Å²) in [4.78, 5) is 12.0. The molecule has 0 saturated heterocycles. The standard InChI is InChI=1S/C14H14FNO2S/c1-9(10-3-2-4-11(15)7-10)16-8-12-5-6-13(19-12)14(17)18/h2-7,9,16H,8H2,1H3,(H,17,18). The molecule has 0 bridgehead atoms. The van der Waals surface area contributed by atoms with Crippen LogP contribution in [0.4, 0.5) is 4.39 Å². The van der Waals surface area contributed by atoms with Crippen molar-refractivity contribution in [2.24, 2.45) is 0 Å². The van der Waals surface area contributed by atoms with Gasteiger partial charge < -0.3 is 10.4 Å². The second-order valence-electron chi connectivity index (χ2n) is 4.23. The van der Waals surface area contributed by atoms with Crippen LogP contribution in [0, 0.1) is 5.82 Å². The maximum absolute atomic E-state index is 13.1. The van der Waals surface area contributed by atoms with Crippen molar-refractivity contribution in [3.05, 3.63) is 57.5 Å². The molecule has 1 atom stereocenters. The van der Waals surface area contributed by atoms with Crippen LogP contribution >= 0.6 is 11.3 Å². The smallest absolute Gasteiger partial charge is 0.345 e. The van der Waals surface area contributed by atoms with Crippen LogP contribution < -0.4 is 5.32 Å². The third kappa shape index (κ3) is 3.62. The molecule has 1 heterocycles. The average Bonchev–Trinajstić information content (AvgIpc) is 2.85. The van der Waals surface area contributed by atoms with Gasteiger partial charge in [0.25, 0.3) is 0 Å². The summed E-state index contributed by atoms with van der Waals surface area (Å²) in [6.45, 7) is 2.51. The molecule has 0 fully saturated rings. The molecule has 2 N–H and O–H groups in total. The minimum absolute atomic E-state index is 0.00563. The fourth-order valence-electron chi connectivity index (χ4n) is 1.74. The van der Waals surface area contributed by atoms with Crippen LogP contribution in [0.2, 0.25) is 0 Å². The van der Waals surface area contributed by atoms with Gasteiger partial charge in [0.05, 0.1) is 0 Å². The first kappa shape index (κ1) is 13.7. The van der Waals surface area contributed by atoms with E-state index in [0.717, 1.165) is 10.4 Å². The van der Waals surface area contributed by atoms with Crippen molar-refractivity contribution in [1.29, 1.82) is 0 Å². The fourth-order valence-corrected chi connectivity index (χ4v) is 2.53. The lowest BCUT2D eigenvalue weighted by molar-refractivity contribution is 0.0702. The highest BCUT2D eigenvalue weighted by Gasteiger charge is 2.09. The van der Waals surface area contributed by atoms with Gasteiger partial charge in [-0.15, -0.1) is 11.3 Å². The highest BCUT2D eigenvalue weighted by atomic mass is 32.1. The Hall–Kier alpha value is -1.72. The summed E-state index contributed by atoms with van der Waals surface area (Å²) in [5.74, 6) is -1.16. The van der Waals surface area contributed by atoms with E-state index in [9.17, 15) is 9.18 Å². The summed E-state index contributed by atoms with van der Waals surface area (Å²) in [5, 5.41) is 12.1. The molecule has 0 aliphatic carbocycles. The first-order valence-corrected chi connectivity index (χ1v) is 6.69. The van der Waals surface area contributed by atoms with Gasteiger partial charge in [0, 0.05) is 17.5 Å². The molecule has 0 amide bonds. The van der Waals surface area contributed by atoms with E-state index in [4.69, 9.17) is 5.11 Å². The molecule has 1 aromatic heterocycles. The van der Waals surface area contributed by atoms with Crippen LogP contribution in [-0.4, -0.2) is 11.1 Å². The molecule has 2 aromatic rings. The van der Waals surface area contributed by atoms with Crippen LogP contribution in [0.25, 0.3) is 0 Å². The van der Waals surface area contributed by atoms with Gasteiger partial charge in [0.15, 0.2) is 0 Å². The average molecular weight is 279 g/mol. The molecule has 1 aromatic carbocycles. The fraction of sp³-hybridized carbons (Fsp3) is 0.214. The Morgan fingerprint density at radius 3 is 2.84 bits per heavy atom. The molecule has 3 nitrogen and oxygen atoms in total. The third-order valence-electron chi connectivity index (χ3n) is 2.80. The number of aromatic carboxylic acids is 1.